The van der Waals surface area contributed by atoms with Crippen LogP contribution in [0.15, 0.2) is 66.1 Å². The van der Waals surface area contributed by atoms with Crippen LogP contribution < -0.4 is 5.32 Å². The zero-order valence-corrected chi connectivity index (χ0v) is 19.6. The van der Waals surface area contributed by atoms with Crippen molar-refractivity contribution in [2.75, 3.05) is 18.4 Å². The van der Waals surface area contributed by atoms with Gasteiger partial charge in [0.05, 0.1) is 6.33 Å². The molecule has 0 saturated carbocycles. The van der Waals surface area contributed by atoms with E-state index >= 15 is 0 Å². The maximum atomic E-state index is 13.5. The summed E-state index contributed by atoms with van der Waals surface area (Å²) in [7, 11) is -2.00. The number of sulfonamides is 1. The highest BCUT2D eigenvalue weighted by Crippen LogP contribution is 2.34. The molecule has 8 heteroatoms. The number of anilines is 1. The number of hydrogen-bond donors (Lipinski definition) is 1. The second-order valence-electron chi connectivity index (χ2n) is 9.44. The molecule has 6 nitrogen and oxygen atoms in total. The average Bonchev–Trinajstić information content (AvgIpc) is 3.36. The van der Waals surface area contributed by atoms with E-state index in [4.69, 9.17) is 0 Å². The van der Waals surface area contributed by atoms with Crippen LogP contribution >= 0.6 is 0 Å². The van der Waals surface area contributed by atoms with Crippen molar-refractivity contribution < 1.29 is 12.8 Å². The molecule has 0 aliphatic carbocycles. The van der Waals surface area contributed by atoms with Crippen molar-refractivity contribution in [3.63, 3.8) is 0 Å². The summed E-state index contributed by atoms with van der Waals surface area (Å²) in [6.45, 7) is 7.06. The van der Waals surface area contributed by atoms with Gasteiger partial charge in [-0.1, -0.05) is 45.0 Å². The molecule has 2 heterocycles. The molecule has 1 aromatic heterocycles. The molecule has 1 aliphatic heterocycles. The average molecular weight is 457 g/mol. The Morgan fingerprint density at radius 2 is 1.81 bits per heavy atom. The van der Waals surface area contributed by atoms with Gasteiger partial charge in [-0.2, -0.15) is 4.31 Å². The number of rotatable bonds is 5. The first-order chi connectivity index (χ1) is 15.0. The third-order valence-corrected chi connectivity index (χ3v) is 7.67. The van der Waals surface area contributed by atoms with Crippen molar-refractivity contribution in [2.24, 2.45) is 7.05 Å². The van der Waals surface area contributed by atoms with Gasteiger partial charge in [-0.15, -0.1) is 0 Å². The molecule has 0 spiro atoms. The lowest BCUT2D eigenvalue weighted by Crippen LogP contribution is -2.32. The standard InChI is InChI=1S/C24H29FN4O2S/c1-24(2,3)18-6-5-7-20(12-18)27-22-14-29(32(30,31)23-15-28(4)16-26-23)13-21(22)17-8-10-19(25)11-9-17/h5-12,15-16,21-22,27H,13-14H2,1-4H3/t21-,22+/m0/s1. The fraction of sp³-hybridized carbons (Fsp3) is 0.375. The fourth-order valence-corrected chi connectivity index (χ4v) is 5.56. The van der Waals surface area contributed by atoms with Crippen LogP contribution in [0.25, 0.3) is 0 Å². The minimum atomic E-state index is -3.74. The number of aromatic nitrogens is 2. The third kappa shape index (κ3) is 4.56. The maximum Gasteiger partial charge on any atom is 0.262 e. The number of imidazole rings is 1. The Bertz CT molecular complexity index is 1200. The predicted molar refractivity (Wildman–Crippen MR) is 124 cm³/mol. The first-order valence-corrected chi connectivity index (χ1v) is 12.1. The highest BCUT2D eigenvalue weighted by atomic mass is 32.2. The number of nitrogens with zero attached hydrogens (tertiary/aromatic N) is 3. The van der Waals surface area contributed by atoms with E-state index in [2.05, 4.69) is 43.2 Å². The Morgan fingerprint density at radius 1 is 1.09 bits per heavy atom. The highest BCUT2D eigenvalue weighted by Gasteiger charge is 2.41. The molecule has 4 rings (SSSR count). The Morgan fingerprint density at radius 3 is 2.44 bits per heavy atom. The van der Waals surface area contributed by atoms with Crippen LogP contribution in [0.2, 0.25) is 0 Å². The second kappa shape index (κ2) is 8.33. The lowest BCUT2D eigenvalue weighted by molar-refractivity contribution is 0.468. The van der Waals surface area contributed by atoms with Crippen LogP contribution in [0.5, 0.6) is 0 Å². The number of nitrogens with one attached hydrogen (secondary N) is 1. The summed E-state index contributed by atoms with van der Waals surface area (Å²) in [5.74, 6) is -0.445. The van der Waals surface area contributed by atoms with Crippen molar-refractivity contribution in [3.05, 3.63) is 78.0 Å². The summed E-state index contributed by atoms with van der Waals surface area (Å²) in [5.41, 5.74) is 3.02. The van der Waals surface area contributed by atoms with Gasteiger partial charge in [0.1, 0.15) is 5.82 Å². The minimum absolute atomic E-state index is 0.00191. The van der Waals surface area contributed by atoms with Gasteiger partial charge in [0.2, 0.25) is 0 Å². The van der Waals surface area contributed by atoms with Crippen molar-refractivity contribution in [1.29, 1.82) is 0 Å². The van der Waals surface area contributed by atoms with Crippen LogP contribution in [0, 0.1) is 5.82 Å². The van der Waals surface area contributed by atoms with Crippen molar-refractivity contribution in [1.82, 2.24) is 13.9 Å². The molecule has 1 fully saturated rings. The first kappa shape index (κ1) is 22.5. The number of aryl methyl sites for hydroxylation is 1. The van der Waals surface area contributed by atoms with E-state index in [1.165, 1.54) is 34.5 Å². The lowest BCUT2D eigenvalue weighted by atomic mass is 9.87. The van der Waals surface area contributed by atoms with Crippen molar-refractivity contribution in [3.8, 4) is 0 Å². The molecule has 32 heavy (non-hydrogen) atoms. The molecule has 0 bridgehead atoms. The fourth-order valence-electron chi connectivity index (χ4n) is 4.10. The van der Waals surface area contributed by atoms with E-state index in [1.54, 1.807) is 23.7 Å². The van der Waals surface area contributed by atoms with Crippen LogP contribution in [0.4, 0.5) is 10.1 Å². The summed E-state index contributed by atoms with van der Waals surface area (Å²) in [6, 6.07) is 14.3. The number of hydrogen-bond acceptors (Lipinski definition) is 4. The summed E-state index contributed by atoms with van der Waals surface area (Å²) in [5, 5.41) is 3.59. The maximum absolute atomic E-state index is 13.5. The van der Waals surface area contributed by atoms with E-state index < -0.39 is 10.0 Å². The van der Waals surface area contributed by atoms with E-state index in [9.17, 15) is 12.8 Å². The smallest absolute Gasteiger partial charge is 0.262 e. The summed E-state index contributed by atoms with van der Waals surface area (Å²) in [4.78, 5) is 4.05. The minimum Gasteiger partial charge on any atom is -0.380 e. The molecule has 170 valence electrons. The molecular formula is C24H29FN4O2S. The largest absolute Gasteiger partial charge is 0.380 e. The van der Waals surface area contributed by atoms with Crippen LogP contribution in [0.3, 0.4) is 0 Å². The van der Waals surface area contributed by atoms with Crippen molar-refractivity contribution in [2.45, 2.75) is 43.2 Å². The molecule has 2 atom stereocenters. The van der Waals surface area contributed by atoms with E-state index in [1.807, 2.05) is 12.1 Å². The summed E-state index contributed by atoms with van der Waals surface area (Å²) in [6.07, 6.45) is 2.99. The normalized spacial score (nSPS) is 19.9. The molecule has 0 unspecified atom stereocenters. The Labute approximate surface area is 189 Å². The Kier molecular flexibility index (Phi) is 5.85. The highest BCUT2D eigenvalue weighted by molar-refractivity contribution is 7.89. The third-order valence-electron chi connectivity index (χ3n) is 5.95. The molecule has 1 saturated heterocycles. The Balaban J connectivity index is 1.66. The SMILES string of the molecule is Cn1cnc(S(=O)(=O)N2C[C@@H](Nc3cccc(C(C)(C)C)c3)[C@H](c3ccc(F)cc3)C2)c1. The molecule has 3 aromatic rings. The van der Waals surface area contributed by atoms with Gasteiger partial charge in [-0.05, 0) is 40.8 Å². The summed E-state index contributed by atoms with van der Waals surface area (Å²) >= 11 is 0. The molecule has 0 amide bonds. The quantitative estimate of drug-likeness (QED) is 0.627. The van der Waals surface area contributed by atoms with Gasteiger partial charge in [0.15, 0.2) is 5.03 Å². The zero-order chi connectivity index (χ0) is 23.1. The van der Waals surface area contributed by atoms with Crippen LogP contribution in [-0.4, -0.2) is 41.4 Å². The van der Waals surface area contributed by atoms with E-state index in [-0.39, 0.29) is 28.2 Å². The number of benzene rings is 2. The van der Waals surface area contributed by atoms with E-state index in [0.717, 1.165) is 11.3 Å². The predicted octanol–water partition coefficient (Wildman–Crippen LogP) is 4.13. The van der Waals surface area contributed by atoms with Gasteiger partial charge in [0, 0.05) is 44.0 Å². The van der Waals surface area contributed by atoms with Gasteiger partial charge >= 0.3 is 0 Å². The monoisotopic (exact) mass is 456 g/mol. The summed E-state index contributed by atoms with van der Waals surface area (Å²) < 4.78 is 43.1. The molecule has 1 N–H and O–H groups in total. The second-order valence-corrected chi connectivity index (χ2v) is 11.3. The molecule has 0 radical (unpaired) electrons. The first-order valence-electron chi connectivity index (χ1n) is 10.6. The zero-order valence-electron chi connectivity index (χ0n) is 18.8. The number of halogens is 1. The van der Waals surface area contributed by atoms with E-state index in [0.29, 0.717) is 13.1 Å². The van der Waals surface area contributed by atoms with Crippen LogP contribution in [0.1, 0.15) is 37.8 Å². The van der Waals surface area contributed by atoms with Gasteiger partial charge in [-0.3, -0.25) is 0 Å². The van der Waals surface area contributed by atoms with Gasteiger partial charge in [0.25, 0.3) is 10.0 Å². The van der Waals surface area contributed by atoms with Gasteiger partial charge < -0.3 is 9.88 Å². The van der Waals surface area contributed by atoms with Crippen molar-refractivity contribution >= 4 is 15.7 Å². The molecule has 2 aromatic carbocycles. The molecule has 1 aliphatic rings. The lowest BCUT2D eigenvalue weighted by Gasteiger charge is -2.24. The van der Waals surface area contributed by atoms with Crippen LogP contribution in [-0.2, 0) is 22.5 Å². The Hall–Kier alpha value is -2.71. The molecular weight excluding hydrogens is 427 g/mol. The topological polar surface area (TPSA) is 67.2 Å². The van der Waals surface area contributed by atoms with Gasteiger partial charge in [-0.25, -0.2) is 17.8 Å².